The van der Waals surface area contributed by atoms with Crippen molar-refractivity contribution in [2.24, 2.45) is 0 Å². The molecule has 0 aliphatic carbocycles. The molecule has 216 valence electrons. The quantitative estimate of drug-likeness (QED) is 0.230. The minimum Gasteiger partial charge on any atom is -0.306 e. The van der Waals surface area contributed by atoms with Crippen LogP contribution in [-0.4, -0.2) is 37.5 Å². The lowest BCUT2D eigenvalue weighted by atomic mass is 10.0. The highest BCUT2D eigenvalue weighted by Crippen LogP contribution is 2.35. The Morgan fingerprint density at radius 3 is 2.14 bits per heavy atom. The Morgan fingerprint density at radius 2 is 1.42 bits per heavy atom. The van der Waals surface area contributed by atoms with E-state index in [4.69, 9.17) is 4.98 Å². The SMILES string of the molecule is O=c1[nH]c2ccccc2n1C1CCN(Cc2ccc(-c3nc4ccc(C(F)(F)F)cc4nc3-c3ccccc3)cc2)CC1. The van der Waals surface area contributed by atoms with Gasteiger partial charge in [-0.1, -0.05) is 66.7 Å². The molecule has 9 heteroatoms. The Bertz CT molecular complexity index is 1970. The summed E-state index contributed by atoms with van der Waals surface area (Å²) < 4.78 is 42.0. The molecule has 0 spiro atoms. The first-order valence-corrected chi connectivity index (χ1v) is 14.3. The van der Waals surface area contributed by atoms with Gasteiger partial charge < -0.3 is 4.98 Å². The van der Waals surface area contributed by atoms with E-state index in [9.17, 15) is 18.0 Å². The number of imidazole rings is 1. The third kappa shape index (κ3) is 5.32. The predicted molar refractivity (Wildman–Crippen MR) is 162 cm³/mol. The van der Waals surface area contributed by atoms with Gasteiger partial charge in [-0.05, 0) is 48.7 Å². The maximum Gasteiger partial charge on any atom is 0.416 e. The first-order valence-electron chi connectivity index (χ1n) is 14.3. The van der Waals surface area contributed by atoms with Crippen LogP contribution in [0.1, 0.15) is 30.0 Å². The van der Waals surface area contributed by atoms with Crippen molar-refractivity contribution in [3.63, 3.8) is 0 Å². The monoisotopic (exact) mass is 579 g/mol. The minimum atomic E-state index is -4.46. The number of aromatic nitrogens is 4. The lowest BCUT2D eigenvalue weighted by Crippen LogP contribution is -2.36. The first kappa shape index (κ1) is 27.1. The molecule has 0 amide bonds. The number of piperidine rings is 1. The smallest absolute Gasteiger partial charge is 0.306 e. The minimum absolute atomic E-state index is 0.0531. The van der Waals surface area contributed by atoms with Crippen LogP contribution >= 0.6 is 0 Å². The third-order valence-electron chi connectivity index (χ3n) is 8.22. The number of para-hydroxylation sites is 2. The molecule has 1 aliphatic rings. The Kier molecular flexibility index (Phi) is 6.82. The van der Waals surface area contributed by atoms with Crippen molar-refractivity contribution in [1.82, 2.24) is 24.4 Å². The Morgan fingerprint density at radius 1 is 0.767 bits per heavy atom. The molecular formula is C34H28F3N5O. The van der Waals surface area contributed by atoms with E-state index in [0.717, 1.165) is 72.3 Å². The molecule has 1 aliphatic heterocycles. The summed E-state index contributed by atoms with van der Waals surface area (Å²) in [6, 6.07) is 29.0. The van der Waals surface area contributed by atoms with Crippen LogP contribution in [0.25, 0.3) is 44.6 Å². The van der Waals surface area contributed by atoms with Crippen molar-refractivity contribution in [3.8, 4) is 22.5 Å². The van der Waals surface area contributed by atoms with E-state index >= 15 is 0 Å². The zero-order valence-corrected chi connectivity index (χ0v) is 23.2. The second-order valence-electron chi connectivity index (χ2n) is 11.0. The molecule has 2 aromatic heterocycles. The summed E-state index contributed by atoms with van der Waals surface area (Å²) in [7, 11) is 0. The van der Waals surface area contributed by atoms with Crippen molar-refractivity contribution >= 4 is 22.1 Å². The molecule has 1 saturated heterocycles. The standard InChI is InChI=1S/C34H28F3N5O/c35-34(36,37)25-14-15-27-29(20-25)39-31(23-6-2-1-3-7-23)32(38-27)24-12-10-22(11-13-24)21-41-18-16-26(17-19-41)42-30-9-5-4-8-28(30)40-33(42)43/h1-15,20,26H,16-19,21H2,(H,40,43). The van der Waals surface area contributed by atoms with E-state index in [0.29, 0.717) is 16.9 Å². The topological polar surface area (TPSA) is 66.8 Å². The van der Waals surface area contributed by atoms with Crippen LogP contribution < -0.4 is 5.69 Å². The summed E-state index contributed by atoms with van der Waals surface area (Å²) in [4.78, 5) is 27.5. The highest BCUT2D eigenvalue weighted by atomic mass is 19.4. The zero-order chi connectivity index (χ0) is 29.6. The van der Waals surface area contributed by atoms with E-state index < -0.39 is 11.7 Å². The number of fused-ring (bicyclic) bond motifs is 2. The Balaban J connectivity index is 1.12. The maximum atomic E-state index is 13.4. The van der Waals surface area contributed by atoms with Crippen LogP contribution in [-0.2, 0) is 12.7 Å². The molecule has 3 heterocycles. The summed E-state index contributed by atoms with van der Waals surface area (Å²) in [5.74, 6) is 0. The van der Waals surface area contributed by atoms with Gasteiger partial charge in [-0.2, -0.15) is 13.2 Å². The van der Waals surface area contributed by atoms with Gasteiger partial charge in [-0.25, -0.2) is 14.8 Å². The number of aromatic amines is 1. The second-order valence-corrected chi connectivity index (χ2v) is 11.0. The van der Waals surface area contributed by atoms with E-state index in [1.807, 2.05) is 71.3 Å². The van der Waals surface area contributed by atoms with E-state index in [2.05, 4.69) is 27.0 Å². The van der Waals surface area contributed by atoms with Gasteiger partial charge in [-0.15, -0.1) is 0 Å². The lowest BCUT2D eigenvalue weighted by molar-refractivity contribution is -0.137. The molecule has 4 aromatic carbocycles. The average molecular weight is 580 g/mol. The summed E-state index contributed by atoms with van der Waals surface area (Å²) >= 11 is 0. The Labute approximate surface area is 245 Å². The van der Waals surface area contributed by atoms with Crippen LogP contribution in [0, 0.1) is 0 Å². The molecular weight excluding hydrogens is 551 g/mol. The van der Waals surface area contributed by atoms with E-state index in [1.54, 1.807) is 0 Å². The van der Waals surface area contributed by atoms with E-state index in [1.165, 1.54) is 6.07 Å². The van der Waals surface area contributed by atoms with Crippen molar-refractivity contribution < 1.29 is 13.2 Å². The first-order chi connectivity index (χ1) is 20.8. The van der Waals surface area contributed by atoms with Crippen molar-refractivity contribution in [2.45, 2.75) is 31.6 Å². The van der Waals surface area contributed by atoms with Crippen LogP contribution in [0.15, 0.2) is 102 Å². The highest BCUT2D eigenvalue weighted by Gasteiger charge is 2.31. The summed E-state index contributed by atoms with van der Waals surface area (Å²) in [5, 5.41) is 0. The fourth-order valence-electron chi connectivity index (χ4n) is 6.03. The number of rotatable bonds is 5. The Hall–Kier alpha value is -4.76. The highest BCUT2D eigenvalue weighted by molar-refractivity contribution is 5.86. The second kappa shape index (κ2) is 10.8. The van der Waals surface area contributed by atoms with Crippen molar-refractivity contribution in [3.05, 3.63) is 119 Å². The number of hydrogen-bond acceptors (Lipinski definition) is 4. The van der Waals surface area contributed by atoms with Crippen LogP contribution in [0.3, 0.4) is 0 Å². The number of alkyl halides is 3. The normalized spacial score (nSPS) is 15.0. The van der Waals surface area contributed by atoms with Crippen molar-refractivity contribution in [1.29, 1.82) is 0 Å². The van der Waals surface area contributed by atoms with Gasteiger partial charge in [-0.3, -0.25) is 9.47 Å². The van der Waals surface area contributed by atoms with Gasteiger partial charge in [0.25, 0.3) is 0 Å². The van der Waals surface area contributed by atoms with Gasteiger partial charge in [0.15, 0.2) is 0 Å². The van der Waals surface area contributed by atoms with Crippen LogP contribution in [0.2, 0.25) is 0 Å². The molecule has 6 nitrogen and oxygen atoms in total. The number of benzene rings is 4. The molecule has 0 radical (unpaired) electrons. The van der Waals surface area contributed by atoms with Gasteiger partial charge >= 0.3 is 11.9 Å². The fourth-order valence-corrected chi connectivity index (χ4v) is 6.03. The number of hydrogen-bond donors (Lipinski definition) is 1. The van der Waals surface area contributed by atoms with Crippen LogP contribution in [0.4, 0.5) is 13.2 Å². The lowest BCUT2D eigenvalue weighted by Gasteiger charge is -2.32. The molecule has 7 rings (SSSR count). The zero-order valence-electron chi connectivity index (χ0n) is 23.2. The summed E-state index contributed by atoms with van der Waals surface area (Å²) in [6.07, 6.45) is -2.67. The molecule has 0 saturated carbocycles. The molecule has 0 unspecified atom stereocenters. The summed E-state index contributed by atoms with van der Waals surface area (Å²) in [6.45, 7) is 2.55. The summed E-state index contributed by atoms with van der Waals surface area (Å²) in [5.41, 5.74) is 5.56. The van der Waals surface area contributed by atoms with Crippen LogP contribution in [0.5, 0.6) is 0 Å². The molecule has 0 atom stereocenters. The number of H-pyrrole nitrogens is 1. The molecule has 6 aromatic rings. The third-order valence-corrected chi connectivity index (χ3v) is 8.22. The number of likely N-dealkylation sites (tertiary alicyclic amines) is 1. The number of nitrogens with one attached hydrogen (secondary N) is 1. The molecule has 1 N–H and O–H groups in total. The fraction of sp³-hybridized carbons (Fsp3) is 0.206. The number of nitrogens with zero attached hydrogens (tertiary/aromatic N) is 4. The average Bonchev–Trinajstić information content (AvgIpc) is 3.36. The van der Waals surface area contributed by atoms with E-state index in [-0.39, 0.29) is 17.2 Å². The van der Waals surface area contributed by atoms with Gasteiger partial charge in [0, 0.05) is 36.8 Å². The molecule has 43 heavy (non-hydrogen) atoms. The van der Waals surface area contributed by atoms with Gasteiger partial charge in [0.05, 0.1) is 39.0 Å². The molecule has 1 fully saturated rings. The van der Waals surface area contributed by atoms with Gasteiger partial charge in [0.1, 0.15) is 0 Å². The molecule has 0 bridgehead atoms. The number of halogens is 3. The predicted octanol–water partition coefficient (Wildman–Crippen LogP) is 7.46. The van der Waals surface area contributed by atoms with Crippen molar-refractivity contribution in [2.75, 3.05) is 13.1 Å². The van der Waals surface area contributed by atoms with Gasteiger partial charge in [0.2, 0.25) is 0 Å². The largest absolute Gasteiger partial charge is 0.416 e. The maximum absolute atomic E-state index is 13.4.